The predicted molar refractivity (Wildman–Crippen MR) is 127 cm³/mol. The summed E-state index contributed by atoms with van der Waals surface area (Å²) in [5, 5.41) is 1.31. The zero-order valence-electron chi connectivity index (χ0n) is 16.8. The van der Waals surface area contributed by atoms with E-state index in [4.69, 9.17) is 21.0 Å². The van der Waals surface area contributed by atoms with E-state index in [1.165, 1.54) is 11.3 Å². The molecule has 1 amide bonds. The summed E-state index contributed by atoms with van der Waals surface area (Å²) in [5.74, 6) is -0.326. The summed E-state index contributed by atoms with van der Waals surface area (Å²) in [6.07, 6.45) is 0. The van der Waals surface area contributed by atoms with Crippen LogP contribution in [0.5, 0.6) is 0 Å². The lowest BCUT2D eigenvalue weighted by molar-refractivity contribution is 0.0971. The summed E-state index contributed by atoms with van der Waals surface area (Å²) in [6, 6.07) is 19.6. The molecular formula is C25H15ClN2O3S. The van der Waals surface area contributed by atoms with Crippen LogP contribution in [0.15, 0.2) is 75.9 Å². The molecule has 0 radical (unpaired) electrons. The third-order valence-electron chi connectivity index (χ3n) is 5.69. The van der Waals surface area contributed by atoms with Crippen LogP contribution >= 0.6 is 22.9 Å². The summed E-state index contributed by atoms with van der Waals surface area (Å²) >= 11 is 7.56. The van der Waals surface area contributed by atoms with Crippen molar-refractivity contribution in [3.63, 3.8) is 0 Å². The Morgan fingerprint density at radius 1 is 1.03 bits per heavy atom. The van der Waals surface area contributed by atoms with Gasteiger partial charge in [0.2, 0.25) is 5.76 Å². The fourth-order valence-electron chi connectivity index (χ4n) is 4.22. The molecule has 5 aromatic rings. The van der Waals surface area contributed by atoms with Gasteiger partial charge in [0.15, 0.2) is 10.6 Å². The maximum absolute atomic E-state index is 13.6. The number of nitrogens with zero attached hydrogens (tertiary/aromatic N) is 2. The maximum Gasteiger partial charge on any atom is 0.297 e. The molecule has 1 atom stereocenters. The van der Waals surface area contributed by atoms with Crippen molar-refractivity contribution in [2.24, 2.45) is 0 Å². The molecule has 0 saturated carbocycles. The van der Waals surface area contributed by atoms with Crippen LogP contribution in [0.1, 0.15) is 33.3 Å². The number of aromatic nitrogens is 1. The predicted octanol–water partition coefficient (Wildman–Crippen LogP) is 6.11. The number of carbonyl (C=O) groups excluding carboxylic acids is 1. The zero-order chi connectivity index (χ0) is 22.0. The molecule has 0 N–H and O–H groups in total. The number of benzene rings is 3. The molecule has 156 valence electrons. The number of halogens is 1. The molecule has 6 rings (SSSR count). The first kappa shape index (κ1) is 19.2. The van der Waals surface area contributed by atoms with E-state index < -0.39 is 6.04 Å². The van der Waals surface area contributed by atoms with Gasteiger partial charge in [-0.2, -0.15) is 0 Å². The van der Waals surface area contributed by atoms with Gasteiger partial charge in [-0.1, -0.05) is 59.3 Å². The van der Waals surface area contributed by atoms with Crippen LogP contribution in [0.25, 0.3) is 21.2 Å². The SMILES string of the molecule is Cc1ccc2nc(N3C(=O)c4oc5ccc(Cl)cc5c(=O)c4C3c3ccccc3)sc2c1. The van der Waals surface area contributed by atoms with Crippen molar-refractivity contribution in [1.29, 1.82) is 0 Å². The van der Waals surface area contributed by atoms with E-state index >= 15 is 0 Å². The Labute approximate surface area is 191 Å². The fraction of sp³-hybridized carbons (Fsp3) is 0.0800. The molecule has 3 aromatic carbocycles. The van der Waals surface area contributed by atoms with Gasteiger partial charge in [-0.05, 0) is 48.4 Å². The van der Waals surface area contributed by atoms with Crippen LogP contribution < -0.4 is 10.3 Å². The van der Waals surface area contributed by atoms with Crippen molar-refractivity contribution in [1.82, 2.24) is 4.98 Å². The molecule has 0 aliphatic carbocycles. The number of fused-ring (bicyclic) bond motifs is 3. The Bertz CT molecular complexity index is 1610. The molecule has 0 saturated heterocycles. The first-order valence-corrected chi connectivity index (χ1v) is 11.2. The minimum absolute atomic E-state index is 0.0501. The van der Waals surface area contributed by atoms with Crippen molar-refractivity contribution in [2.45, 2.75) is 13.0 Å². The summed E-state index contributed by atoms with van der Waals surface area (Å²) in [7, 11) is 0. The number of rotatable bonds is 2. The molecule has 0 spiro atoms. The Kier molecular flexibility index (Phi) is 4.22. The van der Waals surface area contributed by atoms with E-state index in [9.17, 15) is 9.59 Å². The second kappa shape index (κ2) is 7.02. The van der Waals surface area contributed by atoms with E-state index in [1.807, 2.05) is 55.5 Å². The van der Waals surface area contributed by atoms with Crippen LogP contribution in [0.4, 0.5) is 5.13 Å². The van der Waals surface area contributed by atoms with Gasteiger partial charge in [-0.3, -0.25) is 14.5 Å². The first-order chi connectivity index (χ1) is 15.5. The van der Waals surface area contributed by atoms with Crippen LogP contribution in [0.2, 0.25) is 5.02 Å². The Morgan fingerprint density at radius 3 is 2.66 bits per heavy atom. The second-order valence-corrected chi connectivity index (χ2v) is 9.22. The van der Waals surface area contributed by atoms with Gasteiger partial charge in [-0.15, -0.1) is 0 Å². The minimum atomic E-state index is -0.639. The van der Waals surface area contributed by atoms with E-state index in [1.54, 1.807) is 23.1 Å². The van der Waals surface area contributed by atoms with Gasteiger partial charge >= 0.3 is 0 Å². The molecule has 0 fully saturated rings. The smallest absolute Gasteiger partial charge is 0.297 e. The molecule has 0 bridgehead atoms. The highest BCUT2D eigenvalue weighted by molar-refractivity contribution is 7.22. The van der Waals surface area contributed by atoms with Crippen LogP contribution in [0, 0.1) is 6.92 Å². The lowest BCUT2D eigenvalue weighted by atomic mass is 9.99. The van der Waals surface area contributed by atoms with Crippen molar-refractivity contribution < 1.29 is 9.21 Å². The Hall–Kier alpha value is -3.48. The van der Waals surface area contributed by atoms with Gasteiger partial charge < -0.3 is 4.42 Å². The third kappa shape index (κ3) is 2.80. The lowest BCUT2D eigenvalue weighted by Crippen LogP contribution is -2.29. The number of thiazole rings is 1. The van der Waals surface area contributed by atoms with Crippen molar-refractivity contribution in [3.05, 3.63) is 104 Å². The molecule has 1 aliphatic rings. The number of anilines is 1. The molecule has 32 heavy (non-hydrogen) atoms. The fourth-order valence-corrected chi connectivity index (χ4v) is 5.48. The summed E-state index contributed by atoms with van der Waals surface area (Å²) < 4.78 is 6.95. The number of carbonyl (C=O) groups is 1. The van der Waals surface area contributed by atoms with Gasteiger partial charge in [0.1, 0.15) is 5.58 Å². The third-order valence-corrected chi connectivity index (χ3v) is 6.94. The lowest BCUT2D eigenvalue weighted by Gasteiger charge is -2.22. The summed E-state index contributed by atoms with van der Waals surface area (Å²) in [5.41, 5.74) is 3.12. The molecule has 7 heteroatoms. The van der Waals surface area contributed by atoms with E-state index in [0.717, 1.165) is 21.3 Å². The minimum Gasteiger partial charge on any atom is -0.450 e. The highest BCUT2D eigenvalue weighted by atomic mass is 35.5. The van der Waals surface area contributed by atoms with Crippen molar-refractivity contribution in [3.8, 4) is 0 Å². The van der Waals surface area contributed by atoms with Gasteiger partial charge in [0.05, 0.1) is 27.2 Å². The number of hydrogen-bond donors (Lipinski definition) is 0. The maximum atomic E-state index is 13.6. The molecule has 5 nitrogen and oxygen atoms in total. The average molecular weight is 459 g/mol. The standard InChI is InChI=1S/C25H15ClN2O3S/c1-13-7-9-17-19(11-13)32-25(27-17)28-21(14-5-3-2-4-6-14)20-22(29)16-12-15(26)8-10-18(16)31-23(20)24(28)30/h2-12,21H,1H3. The van der Waals surface area contributed by atoms with Gasteiger partial charge in [0.25, 0.3) is 5.91 Å². The Balaban J connectivity index is 1.64. The van der Waals surface area contributed by atoms with E-state index in [0.29, 0.717) is 26.7 Å². The van der Waals surface area contributed by atoms with Crippen molar-refractivity contribution >= 4 is 55.2 Å². The van der Waals surface area contributed by atoms with E-state index in [2.05, 4.69) is 0 Å². The monoisotopic (exact) mass is 458 g/mol. The highest BCUT2D eigenvalue weighted by Crippen LogP contribution is 2.43. The molecule has 2 aromatic heterocycles. The first-order valence-electron chi connectivity index (χ1n) is 10.0. The summed E-state index contributed by atoms with van der Waals surface area (Å²) in [4.78, 5) is 33.5. The normalized spacial score (nSPS) is 15.6. The summed E-state index contributed by atoms with van der Waals surface area (Å²) in [6.45, 7) is 2.02. The quantitative estimate of drug-likeness (QED) is 0.320. The van der Waals surface area contributed by atoms with Crippen LogP contribution in [-0.4, -0.2) is 10.9 Å². The molecular weight excluding hydrogens is 444 g/mol. The topological polar surface area (TPSA) is 63.4 Å². The average Bonchev–Trinajstić information content (AvgIpc) is 3.33. The van der Waals surface area contributed by atoms with Crippen LogP contribution in [0.3, 0.4) is 0 Å². The van der Waals surface area contributed by atoms with Crippen molar-refractivity contribution in [2.75, 3.05) is 4.90 Å². The second-order valence-electron chi connectivity index (χ2n) is 7.77. The number of amides is 1. The zero-order valence-corrected chi connectivity index (χ0v) is 18.4. The number of aryl methyl sites for hydroxylation is 1. The molecule has 1 aliphatic heterocycles. The number of hydrogen-bond acceptors (Lipinski definition) is 5. The Morgan fingerprint density at radius 2 is 1.84 bits per heavy atom. The van der Waals surface area contributed by atoms with E-state index in [-0.39, 0.29) is 17.1 Å². The van der Waals surface area contributed by atoms with Gasteiger partial charge in [-0.25, -0.2) is 4.98 Å². The van der Waals surface area contributed by atoms with Crippen LogP contribution in [-0.2, 0) is 0 Å². The largest absolute Gasteiger partial charge is 0.450 e. The molecule has 1 unspecified atom stereocenters. The molecule has 3 heterocycles. The highest BCUT2D eigenvalue weighted by Gasteiger charge is 2.44. The van der Waals surface area contributed by atoms with Gasteiger partial charge in [0, 0.05) is 5.02 Å².